The summed E-state index contributed by atoms with van der Waals surface area (Å²) in [5.41, 5.74) is 4.20. The SMILES string of the molecule is CCc1ccccc1N[C@H](C)C(=O)Nc1cccc(C)c1. The fourth-order valence-electron chi connectivity index (χ4n) is 2.24. The van der Waals surface area contributed by atoms with Crippen molar-refractivity contribution in [3.63, 3.8) is 0 Å². The van der Waals surface area contributed by atoms with Crippen LogP contribution in [0.25, 0.3) is 0 Å². The molecule has 1 amide bonds. The first kappa shape index (κ1) is 15.1. The second kappa shape index (κ2) is 6.93. The number of amides is 1. The highest BCUT2D eigenvalue weighted by Gasteiger charge is 2.13. The molecule has 0 radical (unpaired) electrons. The van der Waals surface area contributed by atoms with Gasteiger partial charge in [0.25, 0.3) is 0 Å². The van der Waals surface area contributed by atoms with Gasteiger partial charge in [-0.15, -0.1) is 0 Å². The number of aryl methyl sites for hydroxylation is 2. The third-order valence-electron chi connectivity index (χ3n) is 3.45. The van der Waals surface area contributed by atoms with Crippen molar-refractivity contribution in [2.45, 2.75) is 33.2 Å². The number of hydrogen-bond donors (Lipinski definition) is 2. The second-order valence-corrected chi connectivity index (χ2v) is 5.24. The van der Waals surface area contributed by atoms with E-state index in [0.717, 1.165) is 23.4 Å². The molecular weight excluding hydrogens is 260 g/mol. The van der Waals surface area contributed by atoms with Crippen LogP contribution in [-0.2, 0) is 11.2 Å². The van der Waals surface area contributed by atoms with Gasteiger partial charge in [0.2, 0.25) is 5.91 Å². The largest absolute Gasteiger partial charge is 0.374 e. The lowest BCUT2D eigenvalue weighted by Crippen LogP contribution is -2.32. The van der Waals surface area contributed by atoms with Gasteiger partial charge in [-0.05, 0) is 49.6 Å². The topological polar surface area (TPSA) is 41.1 Å². The third-order valence-corrected chi connectivity index (χ3v) is 3.45. The molecule has 0 unspecified atom stereocenters. The molecule has 21 heavy (non-hydrogen) atoms. The standard InChI is InChI=1S/C18H22N2O/c1-4-15-9-5-6-11-17(15)19-14(3)18(21)20-16-10-7-8-13(2)12-16/h5-12,14,19H,4H2,1-3H3,(H,20,21)/t14-/m1/s1. The zero-order valence-corrected chi connectivity index (χ0v) is 12.8. The smallest absolute Gasteiger partial charge is 0.246 e. The average molecular weight is 282 g/mol. The van der Waals surface area contributed by atoms with Gasteiger partial charge in [-0.3, -0.25) is 4.79 Å². The normalized spacial score (nSPS) is 11.8. The number of para-hydroxylation sites is 1. The van der Waals surface area contributed by atoms with Crippen LogP contribution in [-0.4, -0.2) is 11.9 Å². The lowest BCUT2D eigenvalue weighted by atomic mass is 10.1. The lowest BCUT2D eigenvalue weighted by molar-refractivity contribution is -0.116. The van der Waals surface area contributed by atoms with E-state index in [1.165, 1.54) is 5.56 Å². The van der Waals surface area contributed by atoms with E-state index in [0.29, 0.717) is 0 Å². The molecule has 0 aromatic heterocycles. The van der Waals surface area contributed by atoms with Gasteiger partial charge in [0.15, 0.2) is 0 Å². The Morgan fingerprint density at radius 2 is 1.90 bits per heavy atom. The molecule has 2 N–H and O–H groups in total. The number of carbonyl (C=O) groups excluding carboxylic acids is 1. The molecule has 0 aliphatic rings. The van der Waals surface area contributed by atoms with Crippen LogP contribution in [0.5, 0.6) is 0 Å². The van der Waals surface area contributed by atoms with Crippen molar-refractivity contribution in [3.8, 4) is 0 Å². The summed E-state index contributed by atoms with van der Waals surface area (Å²) in [5.74, 6) is -0.0356. The summed E-state index contributed by atoms with van der Waals surface area (Å²) < 4.78 is 0. The van der Waals surface area contributed by atoms with Crippen molar-refractivity contribution in [1.29, 1.82) is 0 Å². The minimum atomic E-state index is -0.293. The maximum absolute atomic E-state index is 12.3. The maximum atomic E-state index is 12.3. The average Bonchev–Trinajstić information content (AvgIpc) is 2.47. The molecule has 0 saturated carbocycles. The zero-order valence-electron chi connectivity index (χ0n) is 12.8. The summed E-state index contributed by atoms with van der Waals surface area (Å²) >= 11 is 0. The Labute approximate surface area is 126 Å². The molecule has 3 nitrogen and oxygen atoms in total. The third kappa shape index (κ3) is 4.09. The first-order valence-corrected chi connectivity index (χ1v) is 7.32. The van der Waals surface area contributed by atoms with Crippen molar-refractivity contribution >= 4 is 17.3 Å². The first-order chi connectivity index (χ1) is 10.1. The van der Waals surface area contributed by atoms with Crippen LogP contribution in [0.1, 0.15) is 25.0 Å². The van der Waals surface area contributed by atoms with Crippen LogP contribution < -0.4 is 10.6 Å². The summed E-state index contributed by atoms with van der Waals surface area (Å²) in [7, 11) is 0. The number of carbonyl (C=O) groups is 1. The fraction of sp³-hybridized carbons (Fsp3) is 0.278. The molecule has 0 fully saturated rings. The van der Waals surface area contributed by atoms with Crippen LogP contribution in [0, 0.1) is 6.92 Å². The second-order valence-electron chi connectivity index (χ2n) is 5.24. The van der Waals surface area contributed by atoms with Crippen molar-refractivity contribution in [2.75, 3.05) is 10.6 Å². The minimum absolute atomic E-state index is 0.0356. The summed E-state index contributed by atoms with van der Waals surface area (Å²) in [4.78, 5) is 12.3. The number of hydrogen-bond acceptors (Lipinski definition) is 2. The van der Waals surface area contributed by atoms with E-state index in [-0.39, 0.29) is 11.9 Å². The summed E-state index contributed by atoms with van der Waals surface area (Å²) in [6.07, 6.45) is 0.940. The predicted molar refractivity (Wildman–Crippen MR) is 88.7 cm³/mol. The molecule has 2 aromatic carbocycles. The Bertz CT molecular complexity index is 622. The highest BCUT2D eigenvalue weighted by atomic mass is 16.2. The first-order valence-electron chi connectivity index (χ1n) is 7.32. The monoisotopic (exact) mass is 282 g/mol. The van der Waals surface area contributed by atoms with Gasteiger partial charge in [0, 0.05) is 11.4 Å². The molecule has 3 heteroatoms. The molecule has 2 aromatic rings. The van der Waals surface area contributed by atoms with E-state index >= 15 is 0 Å². The van der Waals surface area contributed by atoms with E-state index in [2.05, 4.69) is 23.6 Å². The lowest BCUT2D eigenvalue weighted by Gasteiger charge is -2.17. The summed E-state index contributed by atoms with van der Waals surface area (Å²) in [5, 5.41) is 6.22. The van der Waals surface area contributed by atoms with E-state index in [4.69, 9.17) is 0 Å². The maximum Gasteiger partial charge on any atom is 0.246 e. The summed E-state index contributed by atoms with van der Waals surface area (Å²) in [6, 6.07) is 15.6. The van der Waals surface area contributed by atoms with Crippen molar-refractivity contribution in [1.82, 2.24) is 0 Å². The number of rotatable bonds is 5. The molecule has 110 valence electrons. The van der Waals surface area contributed by atoms with E-state index in [9.17, 15) is 4.79 Å². The Morgan fingerprint density at radius 3 is 2.62 bits per heavy atom. The number of nitrogens with one attached hydrogen (secondary N) is 2. The molecule has 0 saturated heterocycles. The van der Waals surface area contributed by atoms with Crippen LogP contribution in [0.2, 0.25) is 0 Å². The Balaban J connectivity index is 2.02. The highest BCUT2D eigenvalue weighted by Crippen LogP contribution is 2.17. The molecule has 0 heterocycles. The van der Waals surface area contributed by atoms with Crippen LogP contribution in [0.4, 0.5) is 11.4 Å². The zero-order chi connectivity index (χ0) is 15.2. The molecule has 0 spiro atoms. The van der Waals surface area contributed by atoms with Gasteiger partial charge in [-0.1, -0.05) is 37.3 Å². The number of anilines is 2. The van der Waals surface area contributed by atoms with E-state index < -0.39 is 0 Å². The molecule has 2 rings (SSSR count). The Hall–Kier alpha value is -2.29. The van der Waals surface area contributed by atoms with E-state index in [1.54, 1.807) is 0 Å². The van der Waals surface area contributed by atoms with E-state index in [1.807, 2.05) is 56.3 Å². The van der Waals surface area contributed by atoms with Crippen molar-refractivity contribution in [3.05, 3.63) is 59.7 Å². The molecule has 0 bridgehead atoms. The molecule has 0 aliphatic carbocycles. The van der Waals surface area contributed by atoms with Gasteiger partial charge in [0.05, 0.1) is 0 Å². The van der Waals surface area contributed by atoms with Crippen molar-refractivity contribution < 1.29 is 4.79 Å². The molecule has 0 aliphatic heterocycles. The number of benzene rings is 2. The van der Waals surface area contributed by atoms with Crippen LogP contribution >= 0.6 is 0 Å². The molecular formula is C18H22N2O. The minimum Gasteiger partial charge on any atom is -0.374 e. The Kier molecular flexibility index (Phi) is 4.99. The summed E-state index contributed by atoms with van der Waals surface area (Å²) in [6.45, 7) is 5.99. The predicted octanol–water partition coefficient (Wildman–Crippen LogP) is 4.00. The molecule has 1 atom stereocenters. The van der Waals surface area contributed by atoms with Gasteiger partial charge >= 0.3 is 0 Å². The van der Waals surface area contributed by atoms with Crippen LogP contribution in [0.15, 0.2) is 48.5 Å². The van der Waals surface area contributed by atoms with Gasteiger partial charge < -0.3 is 10.6 Å². The van der Waals surface area contributed by atoms with Gasteiger partial charge in [-0.25, -0.2) is 0 Å². The Morgan fingerprint density at radius 1 is 1.14 bits per heavy atom. The highest BCUT2D eigenvalue weighted by molar-refractivity contribution is 5.96. The van der Waals surface area contributed by atoms with Gasteiger partial charge in [-0.2, -0.15) is 0 Å². The quantitative estimate of drug-likeness (QED) is 0.870. The van der Waals surface area contributed by atoms with Crippen LogP contribution in [0.3, 0.4) is 0 Å². The fourth-order valence-corrected chi connectivity index (χ4v) is 2.24. The van der Waals surface area contributed by atoms with Crippen molar-refractivity contribution in [2.24, 2.45) is 0 Å². The van der Waals surface area contributed by atoms with Gasteiger partial charge in [0.1, 0.15) is 6.04 Å².